The number of anilines is 1. The van der Waals surface area contributed by atoms with Crippen molar-refractivity contribution in [3.05, 3.63) is 99.1 Å². The van der Waals surface area contributed by atoms with Gasteiger partial charge in [0.2, 0.25) is 11.7 Å². The molecule has 0 bridgehead atoms. The summed E-state index contributed by atoms with van der Waals surface area (Å²) in [4.78, 5) is 47.7. The number of esters is 1. The van der Waals surface area contributed by atoms with Gasteiger partial charge in [0, 0.05) is 28.8 Å². The lowest BCUT2D eigenvalue weighted by atomic mass is 10.1. The summed E-state index contributed by atoms with van der Waals surface area (Å²) in [5.41, 5.74) is 3.91. The van der Waals surface area contributed by atoms with Crippen LogP contribution in [-0.2, 0) is 4.79 Å². The van der Waals surface area contributed by atoms with E-state index >= 15 is 0 Å². The topological polar surface area (TPSA) is 140 Å². The summed E-state index contributed by atoms with van der Waals surface area (Å²) in [5.74, 6) is -1.94. The minimum atomic E-state index is -0.767. The second kappa shape index (κ2) is 11.5. The van der Waals surface area contributed by atoms with Crippen molar-refractivity contribution in [1.82, 2.24) is 5.43 Å². The summed E-state index contributed by atoms with van der Waals surface area (Å²) in [5, 5.41) is 18.1. The summed E-state index contributed by atoms with van der Waals surface area (Å²) in [6, 6.07) is 16.9. The molecule has 0 fully saturated rings. The Bertz CT molecular complexity index is 1330. The molecule has 0 saturated heterocycles. The minimum absolute atomic E-state index is 0.122. The first-order chi connectivity index (χ1) is 17.2. The van der Waals surface area contributed by atoms with Crippen LogP contribution < -0.4 is 15.5 Å². The Kier molecular flexibility index (Phi) is 8.24. The van der Waals surface area contributed by atoms with Crippen LogP contribution in [0.15, 0.2) is 71.8 Å². The first-order valence-electron chi connectivity index (χ1n) is 11.0. The van der Waals surface area contributed by atoms with Crippen LogP contribution in [0.25, 0.3) is 0 Å². The Morgan fingerprint density at radius 2 is 1.69 bits per heavy atom. The molecule has 36 heavy (non-hydrogen) atoms. The van der Waals surface area contributed by atoms with Crippen molar-refractivity contribution < 1.29 is 24.0 Å². The molecule has 3 rings (SSSR count). The molecular formula is C26H24N4O6. The Labute approximate surface area is 207 Å². The summed E-state index contributed by atoms with van der Waals surface area (Å²) >= 11 is 0. The number of hydrogen-bond acceptors (Lipinski definition) is 7. The van der Waals surface area contributed by atoms with Gasteiger partial charge in [-0.2, -0.15) is 5.10 Å². The number of nitrogens with one attached hydrogen (secondary N) is 2. The SMILES string of the molecule is Cc1cccc(C(=O)Oc2c(/C=N/NC(=O)c3ccc(NC(=O)C(C)C)cc3)cccc2[N+](=O)[O-])c1. The summed E-state index contributed by atoms with van der Waals surface area (Å²) < 4.78 is 5.36. The number of hydrazone groups is 1. The second-order valence-electron chi connectivity index (χ2n) is 8.13. The number of nitro benzene ring substituents is 1. The van der Waals surface area contributed by atoms with E-state index in [-0.39, 0.29) is 34.3 Å². The molecular weight excluding hydrogens is 464 g/mol. The standard InChI is InChI=1S/C26H24N4O6/c1-16(2)24(31)28-21-12-10-18(11-13-21)25(32)29-27-15-20-8-5-9-22(30(34)35)23(20)36-26(33)19-7-4-6-17(3)14-19/h4-16H,1-3H3,(H,28,31)(H,29,32)/b27-15+. The van der Waals surface area contributed by atoms with Crippen LogP contribution in [-0.4, -0.2) is 28.9 Å². The third-order valence-electron chi connectivity index (χ3n) is 4.98. The third-order valence-corrected chi connectivity index (χ3v) is 4.98. The number of benzene rings is 3. The van der Waals surface area contributed by atoms with Crippen molar-refractivity contribution in [1.29, 1.82) is 0 Å². The smallest absolute Gasteiger partial charge is 0.343 e. The normalized spacial score (nSPS) is 10.8. The van der Waals surface area contributed by atoms with E-state index in [4.69, 9.17) is 4.74 Å². The zero-order valence-corrected chi connectivity index (χ0v) is 19.8. The van der Waals surface area contributed by atoms with Crippen LogP contribution in [0.4, 0.5) is 11.4 Å². The van der Waals surface area contributed by atoms with Crippen molar-refractivity contribution >= 4 is 35.4 Å². The van der Waals surface area contributed by atoms with Gasteiger partial charge in [0.25, 0.3) is 5.91 Å². The van der Waals surface area contributed by atoms with E-state index in [1.54, 1.807) is 51.1 Å². The number of aryl methyl sites for hydroxylation is 1. The molecule has 2 N–H and O–H groups in total. The minimum Gasteiger partial charge on any atom is -0.415 e. The Balaban J connectivity index is 1.75. The molecule has 3 aromatic rings. The highest BCUT2D eigenvalue weighted by Crippen LogP contribution is 2.30. The Hall–Kier alpha value is -4.86. The summed E-state index contributed by atoms with van der Waals surface area (Å²) in [6.45, 7) is 5.34. The van der Waals surface area contributed by atoms with E-state index in [0.717, 1.165) is 11.8 Å². The first-order valence-corrected chi connectivity index (χ1v) is 11.0. The van der Waals surface area contributed by atoms with E-state index in [0.29, 0.717) is 5.69 Å². The molecule has 0 aliphatic rings. The Morgan fingerprint density at radius 3 is 2.33 bits per heavy atom. The van der Waals surface area contributed by atoms with Gasteiger partial charge in [-0.05, 0) is 49.4 Å². The van der Waals surface area contributed by atoms with Crippen LogP contribution >= 0.6 is 0 Å². The summed E-state index contributed by atoms with van der Waals surface area (Å²) in [7, 11) is 0. The number of nitrogens with zero attached hydrogens (tertiary/aromatic N) is 2. The molecule has 0 aliphatic carbocycles. The molecule has 0 spiro atoms. The van der Waals surface area contributed by atoms with Gasteiger partial charge in [-0.25, -0.2) is 10.2 Å². The van der Waals surface area contributed by atoms with Crippen LogP contribution in [0.1, 0.15) is 45.7 Å². The maximum atomic E-state index is 12.6. The third kappa shape index (κ3) is 6.60. The molecule has 3 aromatic carbocycles. The number of amides is 2. The monoisotopic (exact) mass is 488 g/mol. The molecule has 2 amide bonds. The fourth-order valence-corrected chi connectivity index (χ4v) is 3.04. The molecule has 0 saturated carbocycles. The fraction of sp³-hybridized carbons (Fsp3) is 0.154. The molecule has 0 radical (unpaired) electrons. The molecule has 0 aromatic heterocycles. The predicted molar refractivity (Wildman–Crippen MR) is 134 cm³/mol. The van der Waals surface area contributed by atoms with E-state index in [1.807, 2.05) is 0 Å². The van der Waals surface area contributed by atoms with Crippen LogP contribution in [0, 0.1) is 23.0 Å². The highest BCUT2D eigenvalue weighted by Gasteiger charge is 2.22. The van der Waals surface area contributed by atoms with E-state index in [1.165, 1.54) is 36.4 Å². The van der Waals surface area contributed by atoms with Crippen LogP contribution in [0.3, 0.4) is 0 Å². The lowest BCUT2D eigenvalue weighted by Gasteiger charge is -2.09. The maximum Gasteiger partial charge on any atom is 0.343 e. The zero-order valence-electron chi connectivity index (χ0n) is 19.8. The van der Waals surface area contributed by atoms with Gasteiger partial charge >= 0.3 is 11.7 Å². The van der Waals surface area contributed by atoms with Gasteiger partial charge in [0.05, 0.1) is 16.7 Å². The number of hydrogen-bond donors (Lipinski definition) is 2. The quantitative estimate of drug-likeness (QED) is 0.157. The van der Waals surface area contributed by atoms with E-state index < -0.39 is 22.5 Å². The predicted octanol–water partition coefficient (Wildman–Crippen LogP) is 4.48. The largest absolute Gasteiger partial charge is 0.415 e. The van der Waals surface area contributed by atoms with E-state index in [9.17, 15) is 24.5 Å². The molecule has 184 valence electrons. The van der Waals surface area contributed by atoms with Gasteiger partial charge in [0.15, 0.2) is 0 Å². The highest BCUT2D eigenvalue weighted by atomic mass is 16.6. The average Bonchev–Trinajstić information content (AvgIpc) is 2.85. The molecule has 0 aliphatic heterocycles. The molecule has 10 heteroatoms. The molecule has 10 nitrogen and oxygen atoms in total. The lowest BCUT2D eigenvalue weighted by molar-refractivity contribution is -0.385. The Morgan fingerprint density at radius 1 is 1.00 bits per heavy atom. The number of carbonyl (C=O) groups excluding carboxylic acids is 3. The highest BCUT2D eigenvalue weighted by molar-refractivity contribution is 5.97. The fourth-order valence-electron chi connectivity index (χ4n) is 3.04. The second-order valence-corrected chi connectivity index (χ2v) is 8.13. The number of para-hydroxylation sites is 1. The van der Waals surface area contributed by atoms with Gasteiger partial charge in [-0.15, -0.1) is 0 Å². The van der Waals surface area contributed by atoms with Crippen LogP contribution in [0.2, 0.25) is 0 Å². The van der Waals surface area contributed by atoms with Crippen molar-refractivity contribution in [2.24, 2.45) is 11.0 Å². The number of rotatable bonds is 8. The number of carbonyl (C=O) groups is 3. The summed E-state index contributed by atoms with van der Waals surface area (Å²) in [6.07, 6.45) is 1.15. The first kappa shape index (κ1) is 25.8. The number of nitro groups is 1. The van der Waals surface area contributed by atoms with Crippen molar-refractivity contribution in [2.75, 3.05) is 5.32 Å². The molecule has 0 atom stereocenters. The molecule has 0 unspecified atom stereocenters. The maximum absolute atomic E-state index is 12.6. The van der Waals surface area contributed by atoms with Gasteiger partial charge in [-0.3, -0.25) is 19.7 Å². The van der Waals surface area contributed by atoms with Crippen molar-refractivity contribution in [3.8, 4) is 5.75 Å². The number of ether oxygens (including phenoxy) is 1. The molecule has 0 heterocycles. The lowest BCUT2D eigenvalue weighted by Crippen LogP contribution is -2.19. The van der Waals surface area contributed by atoms with Crippen molar-refractivity contribution in [3.63, 3.8) is 0 Å². The van der Waals surface area contributed by atoms with Gasteiger partial charge < -0.3 is 10.1 Å². The van der Waals surface area contributed by atoms with Gasteiger partial charge in [0.1, 0.15) is 0 Å². The average molecular weight is 489 g/mol. The van der Waals surface area contributed by atoms with Crippen molar-refractivity contribution in [2.45, 2.75) is 20.8 Å². The van der Waals surface area contributed by atoms with Gasteiger partial charge in [-0.1, -0.05) is 37.6 Å². The van der Waals surface area contributed by atoms with Crippen LogP contribution in [0.5, 0.6) is 5.75 Å². The van der Waals surface area contributed by atoms with E-state index in [2.05, 4.69) is 15.8 Å². The zero-order chi connectivity index (χ0) is 26.2.